The fourth-order valence-electron chi connectivity index (χ4n) is 2.72. The van der Waals surface area contributed by atoms with Crippen molar-refractivity contribution in [2.24, 2.45) is 0 Å². The Morgan fingerprint density at radius 3 is 1.93 bits per heavy atom. The van der Waals surface area contributed by atoms with Gasteiger partial charge in [-0.05, 0) is 24.0 Å². The smallest absolute Gasteiger partial charge is 0.339 e. The van der Waals surface area contributed by atoms with E-state index in [-0.39, 0.29) is 16.5 Å². The van der Waals surface area contributed by atoms with Gasteiger partial charge in [-0.2, -0.15) is 0 Å². The van der Waals surface area contributed by atoms with E-state index in [0.29, 0.717) is 5.56 Å². The van der Waals surface area contributed by atoms with Crippen LogP contribution < -0.4 is 0 Å². The van der Waals surface area contributed by atoms with Gasteiger partial charge in [0.25, 0.3) is 5.69 Å². The molecule has 8 nitrogen and oxygen atoms in total. The molecular weight excluding hydrogens is 390 g/mol. The number of carbonyl (C=O) groups excluding carboxylic acids is 3. The predicted molar refractivity (Wildman–Crippen MR) is 109 cm³/mol. The summed E-state index contributed by atoms with van der Waals surface area (Å²) in [6, 6.07) is 10.1. The highest BCUT2D eigenvalue weighted by Gasteiger charge is 2.24. The second-order valence-corrected chi connectivity index (χ2v) is 7.76. The third-order valence-corrected chi connectivity index (χ3v) is 4.47. The maximum absolute atomic E-state index is 12.6. The molecule has 30 heavy (non-hydrogen) atoms. The lowest BCUT2D eigenvalue weighted by Crippen LogP contribution is -2.25. The highest BCUT2D eigenvalue weighted by molar-refractivity contribution is 6.02. The summed E-state index contributed by atoms with van der Waals surface area (Å²) in [5.74, 6) is -2.21. The number of rotatable bonds is 6. The maximum atomic E-state index is 12.6. The first-order chi connectivity index (χ1) is 13.9. The lowest BCUT2D eigenvalue weighted by atomic mass is 9.86. The number of ether oxygens (including phenoxy) is 2. The summed E-state index contributed by atoms with van der Waals surface area (Å²) in [6.45, 7) is 7.57. The van der Waals surface area contributed by atoms with Gasteiger partial charge in [0.2, 0.25) is 5.78 Å². The minimum atomic E-state index is -1.13. The van der Waals surface area contributed by atoms with Crippen molar-refractivity contribution >= 4 is 23.4 Å². The van der Waals surface area contributed by atoms with E-state index in [1.165, 1.54) is 6.92 Å². The standard InChI is InChI=1S/C22H23NO7/c1-13(19(24)14-6-8-17(9-7-14)22(2,3)4)30-21(26)16-10-15(20(25)29-5)11-18(12-16)23(27)28/h6-13H,1-5H3. The second-order valence-electron chi connectivity index (χ2n) is 7.76. The molecule has 1 atom stereocenters. The Kier molecular flexibility index (Phi) is 6.71. The molecule has 0 aliphatic rings. The minimum Gasteiger partial charge on any atom is -0.465 e. The van der Waals surface area contributed by atoms with Crippen LogP contribution in [-0.4, -0.2) is 35.9 Å². The lowest BCUT2D eigenvalue weighted by Gasteiger charge is -2.19. The monoisotopic (exact) mass is 413 g/mol. The molecule has 0 amide bonds. The molecule has 0 bridgehead atoms. The van der Waals surface area contributed by atoms with Crippen LogP contribution in [-0.2, 0) is 14.9 Å². The van der Waals surface area contributed by atoms with Crippen LogP contribution >= 0.6 is 0 Å². The first-order valence-electron chi connectivity index (χ1n) is 9.17. The number of benzene rings is 2. The van der Waals surface area contributed by atoms with Crippen LogP contribution in [0.5, 0.6) is 0 Å². The molecular formula is C22H23NO7. The molecule has 8 heteroatoms. The molecule has 0 heterocycles. The Morgan fingerprint density at radius 2 is 1.47 bits per heavy atom. The Balaban J connectivity index is 2.22. The zero-order valence-corrected chi connectivity index (χ0v) is 17.4. The van der Waals surface area contributed by atoms with Crippen LogP contribution in [0.1, 0.15) is 64.3 Å². The van der Waals surface area contributed by atoms with Gasteiger partial charge in [0.15, 0.2) is 6.10 Å². The van der Waals surface area contributed by atoms with E-state index < -0.39 is 34.4 Å². The van der Waals surface area contributed by atoms with E-state index in [1.807, 2.05) is 12.1 Å². The predicted octanol–water partition coefficient (Wildman–Crippen LogP) is 4.11. The summed E-state index contributed by atoms with van der Waals surface area (Å²) in [6.07, 6.45) is -1.13. The van der Waals surface area contributed by atoms with Crippen molar-refractivity contribution in [2.75, 3.05) is 7.11 Å². The van der Waals surface area contributed by atoms with Gasteiger partial charge in [-0.3, -0.25) is 14.9 Å². The third kappa shape index (κ3) is 5.28. The van der Waals surface area contributed by atoms with Crippen molar-refractivity contribution in [3.05, 3.63) is 74.8 Å². The SMILES string of the molecule is COC(=O)c1cc(C(=O)OC(C)C(=O)c2ccc(C(C)(C)C)cc2)cc([N+](=O)[O-])c1. The van der Waals surface area contributed by atoms with Gasteiger partial charge in [-0.25, -0.2) is 9.59 Å². The Bertz CT molecular complexity index is 988. The fourth-order valence-corrected chi connectivity index (χ4v) is 2.72. The summed E-state index contributed by atoms with van der Waals surface area (Å²) in [4.78, 5) is 47.2. The average Bonchev–Trinajstić information content (AvgIpc) is 2.71. The van der Waals surface area contributed by atoms with E-state index in [2.05, 4.69) is 25.5 Å². The van der Waals surface area contributed by atoms with E-state index in [9.17, 15) is 24.5 Å². The summed E-state index contributed by atoms with van der Waals surface area (Å²) < 4.78 is 9.74. The number of nitro benzene ring substituents is 1. The molecule has 0 radical (unpaired) electrons. The first-order valence-corrected chi connectivity index (χ1v) is 9.17. The van der Waals surface area contributed by atoms with Crippen molar-refractivity contribution in [2.45, 2.75) is 39.2 Å². The largest absolute Gasteiger partial charge is 0.465 e. The van der Waals surface area contributed by atoms with Crippen LogP contribution in [0.3, 0.4) is 0 Å². The number of hydrogen-bond acceptors (Lipinski definition) is 7. The van der Waals surface area contributed by atoms with Crippen molar-refractivity contribution in [1.29, 1.82) is 0 Å². The quantitative estimate of drug-likeness (QED) is 0.303. The third-order valence-electron chi connectivity index (χ3n) is 4.47. The topological polar surface area (TPSA) is 113 Å². The van der Waals surface area contributed by atoms with Gasteiger partial charge in [-0.15, -0.1) is 0 Å². The van der Waals surface area contributed by atoms with Crippen LogP contribution in [0.4, 0.5) is 5.69 Å². The van der Waals surface area contributed by atoms with Crippen LogP contribution in [0.25, 0.3) is 0 Å². The number of Topliss-reactive ketones (excluding diaryl/α,β-unsaturated/α-hetero) is 1. The number of nitrogens with zero attached hydrogens (tertiary/aromatic N) is 1. The normalized spacial score (nSPS) is 12.0. The van der Waals surface area contributed by atoms with Gasteiger partial charge in [0, 0.05) is 17.7 Å². The second kappa shape index (κ2) is 8.86. The van der Waals surface area contributed by atoms with Gasteiger partial charge in [0.05, 0.1) is 23.2 Å². The first kappa shape index (κ1) is 22.7. The molecule has 2 rings (SSSR count). The Hall–Kier alpha value is -3.55. The van der Waals surface area contributed by atoms with E-state index in [0.717, 1.165) is 30.9 Å². The van der Waals surface area contributed by atoms with Gasteiger partial charge in [0.1, 0.15) is 0 Å². The van der Waals surface area contributed by atoms with E-state index in [1.54, 1.807) is 12.1 Å². The highest BCUT2D eigenvalue weighted by atomic mass is 16.6. The number of esters is 2. The molecule has 2 aromatic carbocycles. The van der Waals surface area contributed by atoms with Crippen LogP contribution in [0.15, 0.2) is 42.5 Å². The van der Waals surface area contributed by atoms with Gasteiger partial charge < -0.3 is 9.47 Å². The molecule has 0 aliphatic carbocycles. The Morgan fingerprint density at radius 1 is 0.933 bits per heavy atom. The fraction of sp³-hybridized carbons (Fsp3) is 0.318. The summed E-state index contributed by atoms with van der Waals surface area (Å²) in [5.41, 5.74) is 0.483. The molecule has 0 saturated carbocycles. The summed E-state index contributed by atoms with van der Waals surface area (Å²) in [5, 5.41) is 11.1. The molecule has 0 saturated heterocycles. The minimum absolute atomic E-state index is 0.0704. The van der Waals surface area contributed by atoms with Crippen LogP contribution in [0.2, 0.25) is 0 Å². The summed E-state index contributed by atoms with van der Waals surface area (Å²) in [7, 11) is 1.12. The van der Waals surface area contributed by atoms with Crippen molar-refractivity contribution in [3.63, 3.8) is 0 Å². The highest BCUT2D eigenvalue weighted by Crippen LogP contribution is 2.23. The number of carbonyl (C=O) groups is 3. The molecule has 0 N–H and O–H groups in total. The number of nitro groups is 1. The summed E-state index contributed by atoms with van der Waals surface area (Å²) >= 11 is 0. The zero-order valence-electron chi connectivity index (χ0n) is 17.4. The van der Waals surface area contributed by atoms with E-state index >= 15 is 0 Å². The van der Waals surface area contributed by atoms with Gasteiger partial charge in [-0.1, -0.05) is 45.0 Å². The number of non-ortho nitro benzene ring substituents is 1. The number of ketones is 1. The van der Waals surface area contributed by atoms with Crippen molar-refractivity contribution < 1.29 is 28.8 Å². The van der Waals surface area contributed by atoms with Crippen molar-refractivity contribution in [1.82, 2.24) is 0 Å². The molecule has 158 valence electrons. The maximum Gasteiger partial charge on any atom is 0.339 e. The lowest BCUT2D eigenvalue weighted by molar-refractivity contribution is -0.384. The van der Waals surface area contributed by atoms with Crippen molar-refractivity contribution in [3.8, 4) is 0 Å². The molecule has 2 aromatic rings. The molecule has 0 spiro atoms. The zero-order chi connectivity index (χ0) is 22.6. The average molecular weight is 413 g/mol. The Labute approximate surface area is 174 Å². The van der Waals surface area contributed by atoms with Gasteiger partial charge >= 0.3 is 11.9 Å². The molecule has 0 fully saturated rings. The molecule has 1 unspecified atom stereocenters. The molecule has 0 aromatic heterocycles. The number of methoxy groups -OCH3 is 1. The number of hydrogen-bond donors (Lipinski definition) is 0. The van der Waals surface area contributed by atoms with Crippen LogP contribution in [0, 0.1) is 10.1 Å². The van der Waals surface area contributed by atoms with E-state index in [4.69, 9.17) is 4.74 Å². The molecule has 0 aliphatic heterocycles.